The second-order valence-corrected chi connectivity index (χ2v) is 7.64. The summed E-state index contributed by atoms with van der Waals surface area (Å²) in [5, 5.41) is 0. The highest BCUT2D eigenvalue weighted by molar-refractivity contribution is 8.02. The SMILES string of the molecule is C=C/C=C(\C(=C)SC)c1cc2c3c(c1)Oc1ccccc1N3c1ccccc1O2. The van der Waals surface area contributed by atoms with Gasteiger partial charge in [0.1, 0.15) is 5.69 Å². The number of hydrogen-bond donors (Lipinski definition) is 0. The molecule has 2 aliphatic heterocycles. The molecule has 0 amide bonds. The molecule has 2 aliphatic rings. The Bertz CT molecular complexity index is 1120. The lowest BCUT2D eigenvalue weighted by molar-refractivity contribution is 0.445. The highest BCUT2D eigenvalue weighted by atomic mass is 32.2. The summed E-state index contributed by atoms with van der Waals surface area (Å²) in [6.07, 6.45) is 5.77. The number of para-hydroxylation sites is 4. The van der Waals surface area contributed by atoms with Gasteiger partial charge in [-0.1, -0.05) is 49.6 Å². The first-order valence-corrected chi connectivity index (χ1v) is 10.5. The van der Waals surface area contributed by atoms with Gasteiger partial charge in [-0.15, -0.1) is 11.8 Å². The second kappa shape index (κ2) is 6.90. The number of hydrogen-bond acceptors (Lipinski definition) is 4. The van der Waals surface area contributed by atoms with Crippen LogP contribution in [0.2, 0.25) is 0 Å². The van der Waals surface area contributed by atoms with Crippen molar-refractivity contribution in [3.63, 3.8) is 0 Å². The van der Waals surface area contributed by atoms with E-state index in [1.165, 1.54) is 0 Å². The van der Waals surface area contributed by atoms with Crippen LogP contribution >= 0.6 is 11.8 Å². The molecule has 3 nitrogen and oxygen atoms in total. The Morgan fingerprint density at radius 3 is 1.97 bits per heavy atom. The number of thioether (sulfide) groups is 1. The molecule has 142 valence electrons. The zero-order valence-corrected chi connectivity index (χ0v) is 16.8. The number of ether oxygens (including phenoxy) is 2. The maximum atomic E-state index is 6.31. The van der Waals surface area contributed by atoms with Crippen LogP contribution in [-0.2, 0) is 0 Å². The average molecular weight is 397 g/mol. The predicted molar refractivity (Wildman–Crippen MR) is 122 cm³/mol. The maximum absolute atomic E-state index is 6.31. The average Bonchev–Trinajstić information content (AvgIpc) is 2.76. The van der Waals surface area contributed by atoms with Crippen LogP contribution in [0.1, 0.15) is 5.56 Å². The van der Waals surface area contributed by atoms with E-state index in [9.17, 15) is 0 Å². The van der Waals surface area contributed by atoms with Gasteiger partial charge in [0.15, 0.2) is 23.0 Å². The van der Waals surface area contributed by atoms with Crippen LogP contribution in [0.4, 0.5) is 17.1 Å². The van der Waals surface area contributed by atoms with E-state index in [1.54, 1.807) is 17.8 Å². The van der Waals surface area contributed by atoms with Gasteiger partial charge in [-0.2, -0.15) is 0 Å². The van der Waals surface area contributed by atoms with E-state index in [0.29, 0.717) is 0 Å². The Morgan fingerprint density at radius 2 is 1.45 bits per heavy atom. The van der Waals surface area contributed by atoms with E-state index < -0.39 is 0 Å². The number of nitrogens with zero attached hydrogens (tertiary/aromatic N) is 1. The molecule has 0 saturated carbocycles. The number of fused-ring (bicyclic) bond motifs is 4. The zero-order chi connectivity index (χ0) is 20.0. The first-order valence-electron chi connectivity index (χ1n) is 9.29. The normalized spacial score (nSPS) is 13.4. The minimum atomic E-state index is 0.759. The molecule has 0 unspecified atom stereocenters. The van der Waals surface area contributed by atoms with Crippen LogP contribution in [0, 0.1) is 0 Å². The Labute approximate surface area is 174 Å². The second-order valence-electron chi connectivity index (χ2n) is 6.74. The molecule has 2 heterocycles. The minimum Gasteiger partial charge on any atom is -0.453 e. The van der Waals surface area contributed by atoms with Crippen LogP contribution in [-0.4, -0.2) is 6.26 Å². The third kappa shape index (κ3) is 2.76. The van der Waals surface area contributed by atoms with Crippen LogP contribution in [0.3, 0.4) is 0 Å². The molecule has 0 radical (unpaired) electrons. The van der Waals surface area contributed by atoms with Crippen molar-refractivity contribution >= 4 is 34.4 Å². The molecule has 0 aromatic heterocycles. The lowest BCUT2D eigenvalue weighted by Gasteiger charge is -2.38. The van der Waals surface area contributed by atoms with Crippen molar-refractivity contribution in [1.82, 2.24) is 0 Å². The van der Waals surface area contributed by atoms with Crippen molar-refractivity contribution < 1.29 is 9.47 Å². The van der Waals surface area contributed by atoms with Gasteiger partial charge in [0, 0.05) is 4.91 Å². The zero-order valence-electron chi connectivity index (χ0n) is 16.0. The highest BCUT2D eigenvalue weighted by Gasteiger charge is 2.35. The van der Waals surface area contributed by atoms with E-state index in [-0.39, 0.29) is 0 Å². The third-order valence-electron chi connectivity index (χ3n) is 5.06. The Hall–Kier alpha value is -3.37. The largest absolute Gasteiger partial charge is 0.453 e. The van der Waals surface area contributed by atoms with Gasteiger partial charge in [0.05, 0.1) is 11.4 Å². The van der Waals surface area contributed by atoms with Crippen molar-refractivity contribution in [1.29, 1.82) is 0 Å². The smallest absolute Gasteiger partial charge is 0.156 e. The Balaban J connectivity index is 1.77. The van der Waals surface area contributed by atoms with Crippen molar-refractivity contribution in [2.24, 2.45) is 0 Å². The van der Waals surface area contributed by atoms with E-state index in [1.807, 2.05) is 48.7 Å². The molecule has 0 atom stereocenters. The summed E-state index contributed by atoms with van der Waals surface area (Å²) in [6, 6.07) is 20.2. The van der Waals surface area contributed by atoms with Gasteiger partial charge >= 0.3 is 0 Å². The molecule has 0 bridgehead atoms. The van der Waals surface area contributed by atoms with Gasteiger partial charge in [-0.05, 0) is 53.8 Å². The highest BCUT2D eigenvalue weighted by Crippen LogP contribution is 2.60. The van der Waals surface area contributed by atoms with Gasteiger partial charge in [-0.3, -0.25) is 4.90 Å². The first kappa shape index (κ1) is 17.7. The van der Waals surface area contributed by atoms with Gasteiger partial charge in [0.25, 0.3) is 0 Å². The Kier molecular flexibility index (Phi) is 4.22. The lowest BCUT2D eigenvalue weighted by atomic mass is 10.0. The minimum absolute atomic E-state index is 0.759. The number of benzene rings is 3. The van der Waals surface area contributed by atoms with E-state index in [0.717, 1.165) is 56.1 Å². The molecule has 3 aromatic carbocycles. The van der Waals surface area contributed by atoms with Crippen LogP contribution in [0.5, 0.6) is 23.0 Å². The van der Waals surface area contributed by atoms with Gasteiger partial charge in [-0.25, -0.2) is 0 Å². The summed E-state index contributed by atoms with van der Waals surface area (Å²) in [4.78, 5) is 3.17. The molecule has 0 spiro atoms. The lowest BCUT2D eigenvalue weighted by Crippen LogP contribution is -2.20. The van der Waals surface area contributed by atoms with Crippen LogP contribution < -0.4 is 14.4 Å². The van der Waals surface area contributed by atoms with Crippen LogP contribution in [0.25, 0.3) is 5.57 Å². The maximum Gasteiger partial charge on any atom is 0.156 e. The summed E-state index contributed by atoms with van der Waals surface area (Å²) in [5.74, 6) is 3.15. The fraction of sp³-hybridized carbons (Fsp3) is 0.0400. The monoisotopic (exact) mass is 397 g/mol. The first-order chi connectivity index (χ1) is 14.2. The molecule has 29 heavy (non-hydrogen) atoms. The molecule has 0 fully saturated rings. The van der Waals surface area contributed by atoms with Crippen LogP contribution in [0.15, 0.2) is 90.9 Å². The van der Waals surface area contributed by atoms with Gasteiger partial charge in [0.2, 0.25) is 0 Å². The van der Waals surface area contributed by atoms with Crippen molar-refractivity contribution in [2.45, 2.75) is 0 Å². The van der Waals surface area contributed by atoms with Crippen molar-refractivity contribution in [3.05, 3.63) is 96.4 Å². The summed E-state index contributed by atoms with van der Waals surface area (Å²) >= 11 is 1.61. The molecule has 5 rings (SSSR count). The number of rotatable bonds is 4. The molecular weight excluding hydrogens is 378 g/mol. The fourth-order valence-corrected chi connectivity index (χ4v) is 4.16. The molecule has 3 aromatic rings. The van der Waals surface area contributed by atoms with Crippen molar-refractivity contribution in [3.8, 4) is 23.0 Å². The fourth-order valence-electron chi connectivity index (χ4n) is 3.76. The standard InChI is InChI=1S/C25H19NO2S/c1-4-9-18(16(2)29-3)17-14-23-25-24(15-17)28-22-13-8-6-11-20(22)26(25)19-10-5-7-12-21(19)27-23/h4-15H,1-2H2,3H3/b18-9+. The predicted octanol–water partition coefficient (Wildman–Crippen LogP) is 7.81. The van der Waals surface area contributed by atoms with Gasteiger partial charge < -0.3 is 9.47 Å². The Morgan fingerprint density at radius 1 is 0.897 bits per heavy atom. The molecule has 0 saturated heterocycles. The number of allylic oxidation sites excluding steroid dienone is 3. The topological polar surface area (TPSA) is 21.7 Å². The third-order valence-corrected chi connectivity index (χ3v) is 5.77. The molecule has 0 N–H and O–H groups in total. The quantitative estimate of drug-likeness (QED) is 0.288. The van der Waals surface area contributed by atoms with E-state index in [4.69, 9.17) is 9.47 Å². The molecule has 4 heteroatoms. The van der Waals surface area contributed by atoms with E-state index in [2.05, 4.69) is 42.3 Å². The summed E-state index contributed by atoms with van der Waals surface area (Å²) in [5.41, 5.74) is 4.90. The molecule has 0 aliphatic carbocycles. The van der Waals surface area contributed by atoms with E-state index >= 15 is 0 Å². The summed E-state index contributed by atoms with van der Waals surface area (Å²) in [7, 11) is 0. The summed E-state index contributed by atoms with van der Waals surface area (Å²) in [6.45, 7) is 8.05. The van der Waals surface area contributed by atoms with Crippen molar-refractivity contribution in [2.75, 3.05) is 11.2 Å². The number of anilines is 3. The molecular formula is C25H19NO2S. The summed E-state index contributed by atoms with van der Waals surface area (Å²) < 4.78 is 12.6.